The molecular formula is C21H31N5O4. The van der Waals surface area contributed by atoms with Crippen LogP contribution in [0.25, 0.3) is 0 Å². The molecule has 3 rings (SSSR count). The first-order valence-corrected chi connectivity index (χ1v) is 10.6. The first-order chi connectivity index (χ1) is 14.5. The van der Waals surface area contributed by atoms with E-state index in [-0.39, 0.29) is 31.0 Å². The average molecular weight is 418 g/mol. The molecule has 30 heavy (non-hydrogen) atoms. The Kier molecular flexibility index (Phi) is 7.51. The predicted octanol–water partition coefficient (Wildman–Crippen LogP) is 0.633. The summed E-state index contributed by atoms with van der Waals surface area (Å²) in [6.07, 6.45) is 2.14. The van der Waals surface area contributed by atoms with Gasteiger partial charge in [0.05, 0.1) is 19.2 Å². The molecule has 4 amide bonds. The van der Waals surface area contributed by atoms with Crippen LogP contribution in [0.1, 0.15) is 37.3 Å². The first-order valence-electron chi connectivity index (χ1n) is 10.6. The standard InChI is InChI=1S/C21H31N5O4/c1-2-25-13-16-10-15(5-6-18(16)22-8-7-19(25)28)11-23-21(30)24-12-20(29)26-9-3-4-17(26)14-27/h5-6,10,17,22,27H,2-4,7-9,11-14H2,1H3,(H2,23,24,30)/t17-/m0/s1. The first kappa shape index (κ1) is 21.9. The number of urea groups is 1. The molecule has 2 aliphatic rings. The number of nitrogens with one attached hydrogen (secondary N) is 3. The molecule has 1 fully saturated rings. The molecule has 9 nitrogen and oxygen atoms in total. The summed E-state index contributed by atoms with van der Waals surface area (Å²) in [5.74, 6) is -0.0529. The van der Waals surface area contributed by atoms with E-state index in [9.17, 15) is 19.5 Å². The van der Waals surface area contributed by atoms with E-state index in [4.69, 9.17) is 0 Å². The van der Waals surface area contributed by atoms with Gasteiger partial charge in [-0.25, -0.2) is 4.79 Å². The number of anilines is 1. The normalized spacial score (nSPS) is 18.9. The molecule has 0 radical (unpaired) electrons. The lowest BCUT2D eigenvalue weighted by Crippen LogP contribution is -2.46. The van der Waals surface area contributed by atoms with E-state index in [2.05, 4.69) is 16.0 Å². The van der Waals surface area contributed by atoms with Crippen molar-refractivity contribution < 1.29 is 19.5 Å². The second-order valence-electron chi connectivity index (χ2n) is 7.68. The molecule has 0 aromatic heterocycles. The highest BCUT2D eigenvalue weighted by atomic mass is 16.3. The van der Waals surface area contributed by atoms with E-state index < -0.39 is 6.03 Å². The lowest BCUT2D eigenvalue weighted by molar-refractivity contribution is -0.132. The van der Waals surface area contributed by atoms with Gasteiger partial charge in [-0.2, -0.15) is 0 Å². The summed E-state index contributed by atoms with van der Waals surface area (Å²) >= 11 is 0. The molecule has 1 atom stereocenters. The second kappa shape index (κ2) is 10.3. The van der Waals surface area contributed by atoms with Crippen molar-refractivity contribution in [1.82, 2.24) is 20.4 Å². The third-order valence-corrected chi connectivity index (χ3v) is 5.68. The lowest BCUT2D eigenvalue weighted by Gasteiger charge is -2.26. The molecule has 0 spiro atoms. The van der Waals surface area contributed by atoms with E-state index in [1.807, 2.05) is 30.0 Å². The van der Waals surface area contributed by atoms with E-state index in [1.165, 1.54) is 0 Å². The van der Waals surface area contributed by atoms with Crippen molar-refractivity contribution in [3.63, 3.8) is 0 Å². The van der Waals surface area contributed by atoms with Crippen molar-refractivity contribution in [3.8, 4) is 0 Å². The number of carbonyl (C=O) groups excluding carboxylic acids is 3. The average Bonchev–Trinajstić information content (AvgIpc) is 3.23. The van der Waals surface area contributed by atoms with Crippen LogP contribution >= 0.6 is 0 Å². The van der Waals surface area contributed by atoms with Crippen LogP contribution in [0.5, 0.6) is 0 Å². The van der Waals surface area contributed by atoms with Crippen molar-refractivity contribution in [2.75, 3.05) is 38.1 Å². The smallest absolute Gasteiger partial charge is 0.315 e. The SMILES string of the molecule is CCN1Cc2cc(CNC(=O)NCC(=O)N3CCC[C@H]3CO)ccc2NCCC1=O. The van der Waals surface area contributed by atoms with E-state index in [0.717, 1.165) is 29.7 Å². The van der Waals surface area contributed by atoms with Gasteiger partial charge in [0.25, 0.3) is 0 Å². The Morgan fingerprint density at radius 3 is 2.90 bits per heavy atom. The molecule has 0 unspecified atom stereocenters. The maximum Gasteiger partial charge on any atom is 0.315 e. The maximum atomic E-state index is 12.2. The van der Waals surface area contributed by atoms with Gasteiger partial charge in [0.15, 0.2) is 0 Å². The van der Waals surface area contributed by atoms with Crippen LogP contribution in [0.2, 0.25) is 0 Å². The number of rotatable bonds is 6. The summed E-state index contributed by atoms with van der Waals surface area (Å²) in [4.78, 5) is 39.9. The van der Waals surface area contributed by atoms with Crippen LogP contribution in [0.3, 0.4) is 0 Å². The quantitative estimate of drug-likeness (QED) is 0.542. The summed E-state index contributed by atoms with van der Waals surface area (Å²) in [6, 6.07) is 5.34. The van der Waals surface area contributed by atoms with Crippen LogP contribution in [0.15, 0.2) is 18.2 Å². The fraction of sp³-hybridized carbons (Fsp3) is 0.571. The summed E-state index contributed by atoms with van der Waals surface area (Å²) in [7, 11) is 0. The van der Waals surface area contributed by atoms with Crippen LogP contribution in [0.4, 0.5) is 10.5 Å². The molecule has 9 heteroatoms. The highest BCUT2D eigenvalue weighted by Crippen LogP contribution is 2.22. The topological polar surface area (TPSA) is 114 Å². The van der Waals surface area contributed by atoms with Gasteiger partial charge < -0.3 is 30.9 Å². The minimum absolute atomic E-state index is 0.0494. The predicted molar refractivity (Wildman–Crippen MR) is 113 cm³/mol. The minimum Gasteiger partial charge on any atom is -0.394 e. The number of likely N-dealkylation sites (tertiary alicyclic amines) is 1. The molecule has 0 saturated carbocycles. The van der Waals surface area contributed by atoms with Crippen molar-refractivity contribution in [2.45, 2.75) is 45.3 Å². The van der Waals surface area contributed by atoms with Crippen molar-refractivity contribution in [2.24, 2.45) is 0 Å². The molecule has 1 aromatic carbocycles. The Morgan fingerprint density at radius 2 is 2.13 bits per heavy atom. The zero-order valence-electron chi connectivity index (χ0n) is 17.4. The number of hydrogen-bond acceptors (Lipinski definition) is 5. The zero-order chi connectivity index (χ0) is 21.5. The zero-order valence-corrected chi connectivity index (χ0v) is 17.4. The monoisotopic (exact) mass is 417 g/mol. The molecule has 0 aliphatic carbocycles. The Hall–Kier alpha value is -2.81. The Balaban J connectivity index is 1.51. The Labute approximate surface area is 176 Å². The number of nitrogens with zero attached hydrogens (tertiary/aromatic N) is 2. The highest BCUT2D eigenvalue weighted by molar-refractivity contribution is 5.84. The molecule has 2 heterocycles. The third-order valence-electron chi connectivity index (χ3n) is 5.68. The Morgan fingerprint density at radius 1 is 1.30 bits per heavy atom. The summed E-state index contributed by atoms with van der Waals surface area (Å²) in [6.45, 7) is 4.55. The maximum absolute atomic E-state index is 12.2. The van der Waals surface area contributed by atoms with Gasteiger partial charge in [0, 0.05) is 44.8 Å². The van der Waals surface area contributed by atoms with Crippen LogP contribution in [-0.4, -0.2) is 71.6 Å². The van der Waals surface area contributed by atoms with Gasteiger partial charge in [-0.05, 0) is 37.0 Å². The van der Waals surface area contributed by atoms with Crippen LogP contribution in [0, 0.1) is 0 Å². The molecular weight excluding hydrogens is 386 g/mol. The summed E-state index contributed by atoms with van der Waals surface area (Å²) in [5, 5.41) is 18.0. The number of aliphatic hydroxyl groups excluding tert-OH is 1. The van der Waals surface area contributed by atoms with E-state index in [1.54, 1.807) is 4.90 Å². The number of hydrogen-bond donors (Lipinski definition) is 4. The summed E-state index contributed by atoms with van der Waals surface area (Å²) in [5.41, 5.74) is 2.94. The number of aliphatic hydroxyl groups is 1. The van der Waals surface area contributed by atoms with Gasteiger partial charge in [0.1, 0.15) is 0 Å². The van der Waals surface area contributed by atoms with Crippen molar-refractivity contribution in [1.29, 1.82) is 0 Å². The van der Waals surface area contributed by atoms with Crippen molar-refractivity contribution >= 4 is 23.5 Å². The largest absolute Gasteiger partial charge is 0.394 e. The Bertz CT molecular complexity index is 785. The molecule has 1 saturated heterocycles. The van der Waals surface area contributed by atoms with Gasteiger partial charge >= 0.3 is 6.03 Å². The van der Waals surface area contributed by atoms with Gasteiger partial charge in [-0.3, -0.25) is 9.59 Å². The number of benzene rings is 1. The molecule has 0 bridgehead atoms. The second-order valence-corrected chi connectivity index (χ2v) is 7.68. The van der Waals surface area contributed by atoms with Crippen molar-refractivity contribution in [3.05, 3.63) is 29.3 Å². The van der Waals surface area contributed by atoms with Gasteiger partial charge in [-0.15, -0.1) is 0 Å². The third kappa shape index (κ3) is 5.41. The fourth-order valence-electron chi connectivity index (χ4n) is 3.96. The van der Waals surface area contributed by atoms with Gasteiger partial charge in [-0.1, -0.05) is 12.1 Å². The highest BCUT2D eigenvalue weighted by Gasteiger charge is 2.27. The van der Waals surface area contributed by atoms with E-state index >= 15 is 0 Å². The number of carbonyl (C=O) groups is 3. The minimum atomic E-state index is -0.418. The summed E-state index contributed by atoms with van der Waals surface area (Å²) < 4.78 is 0. The van der Waals surface area contributed by atoms with Crippen LogP contribution in [-0.2, 0) is 22.7 Å². The fourth-order valence-corrected chi connectivity index (χ4v) is 3.96. The van der Waals surface area contributed by atoms with Gasteiger partial charge in [0.2, 0.25) is 11.8 Å². The lowest BCUT2D eigenvalue weighted by atomic mass is 10.1. The molecule has 4 N–H and O–H groups in total. The molecule has 1 aromatic rings. The molecule has 2 aliphatic heterocycles. The molecule has 164 valence electrons. The van der Waals surface area contributed by atoms with E-state index in [0.29, 0.717) is 39.1 Å². The number of fused-ring (bicyclic) bond motifs is 1. The number of amides is 4. The van der Waals surface area contributed by atoms with Crippen LogP contribution < -0.4 is 16.0 Å².